The summed E-state index contributed by atoms with van der Waals surface area (Å²) in [7, 11) is 0. The fourth-order valence-corrected chi connectivity index (χ4v) is 2.33. The number of aliphatic hydroxyl groups excluding tert-OH is 2. The molecule has 0 bridgehead atoms. The lowest BCUT2D eigenvalue weighted by Crippen LogP contribution is -2.22. The fraction of sp³-hybridized carbons (Fsp3) is 0.737. The van der Waals surface area contributed by atoms with Crippen molar-refractivity contribution in [1.29, 1.82) is 0 Å². The highest BCUT2D eigenvalue weighted by molar-refractivity contribution is 5.65. The SMILES string of the molecule is C=CCCCCCCCCCC=CC(O)CC(O)COC(C)=O. The topological polar surface area (TPSA) is 66.8 Å². The van der Waals surface area contributed by atoms with Gasteiger partial charge in [0.25, 0.3) is 0 Å². The van der Waals surface area contributed by atoms with Gasteiger partial charge in [0.05, 0.1) is 12.2 Å². The molecule has 0 aliphatic carbocycles. The number of ether oxygens (including phenoxy) is 1. The number of hydrogen-bond donors (Lipinski definition) is 2. The number of allylic oxidation sites excluding steroid dienone is 2. The first-order valence-corrected chi connectivity index (χ1v) is 8.83. The summed E-state index contributed by atoms with van der Waals surface area (Å²) in [6.45, 7) is 4.96. The highest BCUT2D eigenvalue weighted by Crippen LogP contribution is 2.10. The molecule has 2 atom stereocenters. The number of rotatable bonds is 15. The van der Waals surface area contributed by atoms with Gasteiger partial charge in [0.2, 0.25) is 0 Å². The zero-order chi connectivity index (χ0) is 17.3. The van der Waals surface area contributed by atoms with E-state index in [0.29, 0.717) is 0 Å². The maximum Gasteiger partial charge on any atom is 0.302 e. The van der Waals surface area contributed by atoms with Crippen LogP contribution in [0.1, 0.15) is 71.1 Å². The smallest absolute Gasteiger partial charge is 0.302 e. The van der Waals surface area contributed by atoms with Gasteiger partial charge in [-0.2, -0.15) is 0 Å². The summed E-state index contributed by atoms with van der Waals surface area (Å²) in [6, 6.07) is 0. The maximum absolute atomic E-state index is 10.6. The van der Waals surface area contributed by atoms with Crippen molar-refractivity contribution in [3.63, 3.8) is 0 Å². The molecule has 0 spiro atoms. The minimum atomic E-state index is -0.820. The molecule has 0 amide bonds. The van der Waals surface area contributed by atoms with Gasteiger partial charge in [-0.25, -0.2) is 0 Å². The number of hydrogen-bond acceptors (Lipinski definition) is 4. The van der Waals surface area contributed by atoms with Gasteiger partial charge >= 0.3 is 5.97 Å². The molecule has 23 heavy (non-hydrogen) atoms. The lowest BCUT2D eigenvalue weighted by atomic mass is 10.1. The standard InChI is InChI=1S/C19H34O4/c1-3-4-5-6-7-8-9-10-11-12-13-14-18(21)15-19(22)16-23-17(2)20/h3,13-14,18-19,21-22H,1,4-12,15-16H2,2H3. The maximum atomic E-state index is 10.6. The zero-order valence-corrected chi connectivity index (χ0v) is 14.6. The fourth-order valence-electron chi connectivity index (χ4n) is 2.33. The van der Waals surface area contributed by atoms with Crippen LogP contribution in [0.5, 0.6) is 0 Å². The Morgan fingerprint density at radius 1 is 1.04 bits per heavy atom. The van der Waals surface area contributed by atoms with Crippen LogP contribution in [0.4, 0.5) is 0 Å². The van der Waals surface area contributed by atoms with E-state index in [1.807, 2.05) is 12.2 Å². The second kappa shape index (κ2) is 15.8. The number of esters is 1. The lowest BCUT2D eigenvalue weighted by Gasteiger charge is -2.12. The van der Waals surface area contributed by atoms with Gasteiger partial charge in [-0.3, -0.25) is 4.79 Å². The molecule has 0 fully saturated rings. The van der Waals surface area contributed by atoms with Crippen LogP contribution in [-0.4, -0.2) is 35.0 Å². The van der Waals surface area contributed by atoms with Gasteiger partial charge in [0, 0.05) is 13.3 Å². The van der Waals surface area contributed by atoms with Crippen molar-refractivity contribution in [3.8, 4) is 0 Å². The monoisotopic (exact) mass is 326 g/mol. The lowest BCUT2D eigenvalue weighted by molar-refractivity contribution is -0.144. The molecule has 0 aromatic heterocycles. The molecule has 0 saturated carbocycles. The molecule has 0 aromatic rings. The van der Waals surface area contributed by atoms with E-state index in [0.717, 1.165) is 19.3 Å². The van der Waals surface area contributed by atoms with Crippen LogP contribution in [0.15, 0.2) is 24.8 Å². The van der Waals surface area contributed by atoms with Crippen LogP contribution in [-0.2, 0) is 9.53 Å². The molecule has 2 N–H and O–H groups in total. The second-order valence-corrected chi connectivity index (χ2v) is 6.03. The summed E-state index contributed by atoms with van der Waals surface area (Å²) in [5.74, 6) is -0.421. The van der Waals surface area contributed by atoms with E-state index in [9.17, 15) is 15.0 Å². The van der Waals surface area contributed by atoms with E-state index >= 15 is 0 Å². The highest BCUT2D eigenvalue weighted by atomic mass is 16.5. The van der Waals surface area contributed by atoms with Crippen molar-refractivity contribution in [2.45, 2.75) is 83.3 Å². The largest absolute Gasteiger partial charge is 0.463 e. The van der Waals surface area contributed by atoms with Crippen LogP contribution in [0, 0.1) is 0 Å². The molecular weight excluding hydrogens is 292 g/mol. The van der Waals surface area contributed by atoms with E-state index in [1.54, 1.807) is 6.08 Å². The first-order valence-electron chi connectivity index (χ1n) is 8.83. The zero-order valence-electron chi connectivity index (χ0n) is 14.6. The summed E-state index contributed by atoms with van der Waals surface area (Å²) in [4.78, 5) is 10.6. The summed E-state index contributed by atoms with van der Waals surface area (Å²) in [6.07, 6.45) is 15.2. The summed E-state index contributed by atoms with van der Waals surface area (Å²) in [5, 5.41) is 19.3. The molecule has 2 unspecified atom stereocenters. The molecule has 0 rings (SSSR count). The molecule has 0 saturated heterocycles. The molecule has 0 radical (unpaired) electrons. The Hall–Kier alpha value is -1.13. The molecule has 134 valence electrons. The Morgan fingerprint density at radius 2 is 1.61 bits per heavy atom. The second-order valence-electron chi connectivity index (χ2n) is 6.03. The normalized spacial score (nSPS) is 13.9. The third-order valence-electron chi connectivity index (χ3n) is 3.63. The van der Waals surface area contributed by atoms with Crippen molar-refractivity contribution < 1.29 is 19.7 Å². The molecular formula is C19H34O4. The van der Waals surface area contributed by atoms with Gasteiger partial charge in [0.1, 0.15) is 6.61 Å². The summed E-state index contributed by atoms with van der Waals surface area (Å²) < 4.78 is 4.69. The van der Waals surface area contributed by atoms with Crippen LogP contribution in [0.25, 0.3) is 0 Å². The average molecular weight is 326 g/mol. The van der Waals surface area contributed by atoms with E-state index in [1.165, 1.54) is 45.4 Å². The molecule has 4 heteroatoms. The van der Waals surface area contributed by atoms with E-state index in [4.69, 9.17) is 0 Å². The Kier molecular flexibility index (Phi) is 15.0. The first-order chi connectivity index (χ1) is 11.1. The third kappa shape index (κ3) is 17.1. The molecule has 4 nitrogen and oxygen atoms in total. The Labute approximate surface area is 141 Å². The van der Waals surface area contributed by atoms with Crippen LogP contribution in [0.2, 0.25) is 0 Å². The Balaban J connectivity index is 3.44. The molecule has 0 aromatic carbocycles. The molecule has 0 aliphatic heterocycles. The average Bonchev–Trinajstić information content (AvgIpc) is 2.50. The quantitative estimate of drug-likeness (QED) is 0.272. The molecule has 0 aliphatic rings. The number of carbonyl (C=O) groups is 1. The van der Waals surface area contributed by atoms with Crippen LogP contribution >= 0.6 is 0 Å². The van der Waals surface area contributed by atoms with Gasteiger partial charge in [-0.15, -0.1) is 6.58 Å². The van der Waals surface area contributed by atoms with E-state index in [2.05, 4.69) is 11.3 Å². The van der Waals surface area contributed by atoms with Crippen molar-refractivity contribution in [2.24, 2.45) is 0 Å². The van der Waals surface area contributed by atoms with Gasteiger partial charge in [0.15, 0.2) is 0 Å². The highest BCUT2D eigenvalue weighted by Gasteiger charge is 2.10. The number of carbonyl (C=O) groups excluding carboxylic acids is 1. The number of aliphatic hydroxyl groups is 2. The van der Waals surface area contributed by atoms with Gasteiger partial charge in [-0.05, 0) is 25.7 Å². The third-order valence-corrected chi connectivity index (χ3v) is 3.63. The minimum Gasteiger partial charge on any atom is -0.463 e. The minimum absolute atomic E-state index is 0.0625. The predicted octanol–water partition coefficient (Wildman–Crippen LogP) is 3.91. The number of unbranched alkanes of at least 4 members (excludes halogenated alkanes) is 8. The first kappa shape index (κ1) is 21.9. The van der Waals surface area contributed by atoms with Crippen molar-refractivity contribution in [3.05, 3.63) is 24.8 Å². The molecule has 0 heterocycles. The Morgan fingerprint density at radius 3 is 2.17 bits per heavy atom. The van der Waals surface area contributed by atoms with E-state index in [-0.39, 0.29) is 13.0 Å². The van der Waals surface area contributed by atoms with Crippen LogP contribution in [0.3, 0.4) is 0 Å². The van der Waals surface area contributed by atoms with Crippen molar-refractivity contribution >= 4 is 5.97 Å². The Bertz CT molecular complexity index is 325. The summed E-state index contributed by atoms with van der Waals surface area (Å²) >= 11 is 0. The van der Waals surface area contributed by atoms with Crippen molar-refractivity contribution in [2.75, 3.05) is 6.61 Å². The predicted molar refractivity (Wildman–Crippen MR) is 94.2 cm³/mol. The van der Waals surface area contributed by atoms with Crippen LogP contribution < -0.4 is 0 Å². The van der Waals surface area contributed by atoms with Gasteiger partial charge < -0.3 is 14.9 Å². The van der Waals surface area contributed by atoms with E-state index < -0.39 is 18.2 Å². The van der Waals surface area contributed by atoms with Gasteiger partial charge in [-0.1, -0.05) is 50.3 Å². The summed E-state index contributed by atoms with van der Waals surface area (Å²) in [5.41, 5.74) is 0. The van der Waals surface area contributed by atoms with Crippen molar-refractivity contribution in [1.82, 2.24) is 0 Å².